The Kier molecular flexibility index (Phi) is 9.11. The van der Waals surface area contributed by atoms with Crippen LogP contribution in [0.2, 0.25) is 0 Å². The summed E-state index contributed by atoms with van der Waals surface area (Å²) in [7, 11) is 0. The number of carbonyl (C=O) groups excluding carboxylic acids is 4. The number of esters is 1. The molecule has 0 fully saturated rings. The van der Waals surface area contributed by atoms with Crippen molar-refractivity contribution >= 4 is 40.6 Å². The number of hydrogen-bond acceptors (Lipinski definition) is 6. The zero-order chi connectivity index (χ0) is 24.3. The predicted molar refractivity (Wildman–Crippen MR) is 132 cm³/mol. The van der Waals surface area contributed by atoms with E-state index in [1.165, 1.54) is 18.3 Å². The number of anilines is 1. The summed E-state index contributed by atoms with van der Waals surface area (Å²) >= 11 is 1.34. The molecule has 1 aromatic heterocycles. The van der Waals surface area contributed by atoms with Gasteiger partial charge in [0.15, 0.2) is 11.9 Å². The molecule has 2 aromatic carbocycles. The summed E-state index contributed by atoms with van der Waals surface area (Å²) in [5.74, 6) is -1.46. The second-order valence-corrected chi connectivity index (χ2v) is 8.48. The van der Waals surface area contributed by atoms with E-state index in [0.717, 1.165) is 11.1 Å². The van der Waals surface area contributed by atoms with Gasteiger partial charge < -0.3 is 15.4 Å². The number of benzene rings is 2. The van der Waals surface area contributed by atoms with Crippen LogP contribution in [-0.4, -0.2) is 36.2 Å². The van der Waals surface area contributed by atoms with Crippen LogP contribution in [0.15, 0.2) is 72.1 Å². The van der Waals surface area contributed by atoms with E-state index < -0.39 is 18.0 Å². The Morgan fingerprint density at radius 3 is 2.35 bits per heavy atom. The van der Waals surface area contributed by atoms with Crippen LogP contribution in [0.3, 0.4) is 0 Å². The number of Topliss-reactive ketones (excluding diaryl/α,β-unsaturated/α-hetero) is 1. The van der Waals surface area contributed by atoms with Gasteiger partial charge in [0.05, 0.1) is 11.3 Å². The Morgan fingerprint density at radius 1 is 0.882 bits per heavy atom. The summed E-state index contributed by atoms with van der Waals surface area (Å²) in [6.45, 7) is 1.56. The molecule has 0 saturated carbocycles. The van der Waals surface area contributed by atoms with Gasteiger partial charge in [-0.2, -0.15) is 0 Å². The topological polar surface area (TPSA) is 102 Å². The fourth-order valence-corrected chi connectivity index (χ4v) is 3.88. The minimum absolute atomic E-state index is 0.0470. The van der Waals surface area contributed by atoms with E-state index in [0.29, 0.717) is 10.6 Å². The first-order valence-electron chi connectivity index (χ1n) is 10.9. The Morgan fingerprint density at radius 2 is 1.62 bits per heavy atom. The average molecular weight is 479 g/mol. The Hall–Kier alpha value is -3.78. The van der Waals surface area contributed by atoms with Crippen molar-refractivity contribution in [1.29, 1.82) is 0 Å². The lowest BCUT2D eigenvalue weighted by molar-refractivity contribution is -0.153. The van der Waals surface area contributed by atoms with Crippen LogP contribution in [0.25, 0.3) is 11.1 Å². The maximum Gasteiger partial charge on any atom is 0.308 e. The number of nitrogens with one attached hydrogen (secondary N) is 2. The molecule has 7 nitrogen and oxygen atoms in total. The zero-order valence-electron chi connectivity index (χ0n) is 18.8. The molecule has 3 rings (SSSR count). The van der Waals surface area contributed by atoms with Crippen LogP contribution in [0, 0.1) is 0 Å². The number of ether oxygens (including phenoxy) is 1. The molecule has 0 aliphatic rings. The van der Waals surface area contributed by atoms with Crippen LogP contribution in [0.1, 0.15) is 35.9 Å². The number of amides is 2. The quantitative estimate of drug-likeness (QED) is 0.313. The van der Waals surface area contributed by atoms with Gasteiger partial charge in [0.1, 0.15) is 0 Å². The summed E-state index contributed by atoms with van der Waals surface area (Å²) in [6.07, 6.45) is -0.928. The number of thiophene rings is 1. The van der Waals surface area contributed by atoms with Gasteiger partial charge in [0, 0.05) is 30.6 Å². The second-order valence-electron chi connectivity index (χ2n) is 7.53. The van der Waals surface area contributed by atoms with E-state index in [4.69, 9.17) is 4.74 Å². The third kappa shape index (κ3) is 7.38. The molecule has 1 unspecified atom stereocenters. The molecule has 176 valence electrons. The minimum Gasteiger partial charge on any atom is -0.452 e. The molecule has 34 heavy (non-hydrogen) atoms. The first-order chi connectivity index (χ1) is 16.4. The molecule has 0 radical (unpaired) electrons. The second kappa shape index (κ2) is 12.5. The van der Waals surface area contributed by atoms with Gasteiger partial charge in [0.2, 0.25) is 5.91 Å². The van der Waals surface area contributed by atoms with E-state index in [1.54, 1.807) is 18.2 Å². The molecular weight excluding hydrogens is 452 g/mol. The molecule has 0 bridgehead atoms. The lowest BCUT2D eigenvalue weighted by Crippen LogP contribution is -2.32. The van der Waals surface area contributed by atoms with Crippen molar-refractivity contribution < 1.29 is 23.9 Å². The molecule has 2 N–H and O–H groups in total. The predicted octanol–water partition coefficient (Wildman–Crippen LogP) is 4.45. The lowest BCUT2D eigenvalue weighted by atomic mass is 10.0. The van der Waals surface area contributed by atoms with Gasteiger partial charge in [0.25, 0.3) is 5.91 Å². The smallest absolute Gasteiger partial charge is 0.308 e. The van der Waals surface area contributed by atoms with E-state index in [2.05, 4.69) is 10.6 Å². The molecule has 8 heteroatoms. The molecule has 1 heterocycles. The Labute approximate surface area is 202 Å². The van der Waals surface area contributed by atoms with Crippen molar-refractivity contribution in [1.82, 2.24) is 5.32 Å². The molecule has 0 aliphatic heterocycles. The number of ketones is 1. The normalized spacial score (nSPS) is 11.3. The largest absolute Gasteiger partial charge is 0.452 e. The lowest BCUT2D eigenvalue weighted by Gasteiger charge is -2.16. The van der Waals surface area contributed by atoms with Crippen LogP contribution >= 0.6 is 11.3 Å². The number of rotatable bonds is 11. The highest BCUT2D eigenvalue weighted by Gasteiger charge is 2.19. The first kappa shape index (κ1) is 24.9. The van der Waals surface area contributed by atoms with E-state index in [9.17, 15) is 19.2 Å². The maximum atomic E-state index is 12.6. The van der Waals surface area contributed by atoms with Crippen LogP contribution in [0.5, 0.6) is 0 Å². The van der Waals surface area contributed by atoms with Gasteiger partial charge in [-0.3, -0.25) is 19.2 Å². The van der Waals surface area contributed by atoms with Crippen molar-refractivity contribution in [3.05, 3.63) is 77.0 Å². The van der Waals surface area contributed by atoms with E-state index in [1.807, 2.05) is 53.9 Å². The van der Waals surface area contributed by atoms with Gasteiger partial charge >= 0.3 is 5.97 Å². The molecule has 3 aromatic rings. The Balaban J connectivity index is 1.40. The summed E-state index contributed by atoms with van der Waals surface area (Å²) in [5.41, 5.74) is 2.43. The summed E-state index contributed by atoms with van der Waals surface area (Å²) in [4.78, 5) is 49.1. The SMILES string of the molecule is CC(OC(=O)CCNC(=O)CCC(=O)c1cccs1)C(=O)Nc1ccccc1-c1ccccc1. The van der Waals surface area contributed by atoms with Crippen LogP contribution in [-0.2, 0) is 19.1 Å². The minimum atomic E-state index is -1.00. The maximum absolute atomic E-state index is 12.6. The fourth-order valence-electron chi connectivity index (χ4n) is 3.19. The monoisotopic (exact) mass is 478 g/mol. The highest BCUT2D eigenvalue weighted by molar-refractivity contribution is 7.12. The molecule has 2 amide bonds. The number of carbonyl (C=O) groups is 4. The molecular formula is C26H26N2O5S. The van der Waals surface area contributed by atoms with Gasteiger partial charge in [-0.1, -0.05) is 54.6 Å². The van der Waals surface area contributed by atoms with Crippen LogP contribution in [0.4, 0.5) is 5.69 Å². The summed E-state index contributed by atoms with van der Waals surface area (Å²) in [6, 6.07) is 20.5. The Bertz CT molecular complexity index is 1130. The van der Waals surface area contributed by atoms with Crippen molar-refractivity contribution in [2.45, 2.75) is 32.3 Å². The third-order valence-corrected chi connectivity index (χ3v) is 5.88. The molecule has 1 atom stereocenters. The van der Waals surface area contributed by atoms with Crippen molar-refractivity contribution in [3.8, 4) is 11.1 Å². The highest BCUT2D eigenvalue weighted by atomic mass is 32.1. The van der Waals surface area contributed by atoms with Crippen molar-refractivity contribution in [2.75, 3.05) is 11.9 Å². The van der Waals surface area contributed by atoms with Gasteiger partial charge in [-0.05, 0) is 30.0 Å². The highest BCUT2D eigenvalue weighted by Crippen LogP contribution is 2.27. The van der Waals surface area contributed by atoms with E-state index in [-0.39, 0.29) is 37.5 Å². The number of hydrogen-bond donors (Lipinski definition) is 2. The molecule has 0 aliphatic carbocycles. The summed E-state index contributed by atoms with van der Waals surface area (Å²) in [5, 5.41) is 7.21. The zero-order valence-corrected chi connectivity index (χ0v) is 19.6. The first-order valence-corrected chi connectivity index (χ1v) is 11.8. The molecule has 0 spiro atoms. The third-order valence-electron chi connectivity index (χ3n) is 4.97. The van der Waals surface area contributed by atoms with Crippen molar-refractivity contribution in [2.24, 2.45) is 0 Å². The van der Waals surface area contributed by atoms with E-state index >= 15 is 0 Å². The van der Waals surface area contributed by atoms with Crippen molar-refractivity contribution in [3.63, 3.8) is 0 Å². The fraction of sp³-hybridized carbons (Fsp3) is 0.231. The summed E-state index contributed by atoms with van der Waals surface area (Å²) < 4.78 is 5.20. The molecule has 0 saturated heterocycles. The average Bonchev–Trinajstić information content (AvgIpc) is 3.38. The van der Waals surface area contributed by atoms with Gasteiger partial charge in [-0.25, -0.2) is 0 Å². The van der Waals surface area contributed by atoms with Crippen LogP contribution < -0.4 is 10.6 Å². The van der Waals surface area contributed by atoms with Gasteiger partial charge in [-0.15, -0.1) is 11.3 Å². The number of para-hydroxylation sites is 1. The standard InChI is InChI=1S/C26H26N2O5S/c1-18(26(32)28-21-11-6-5-10-20(21)19-8-3-2-4-9-19)33-25(31)15-16-27-24(30)14-13-22(29)23-12-7-17-34-23/h2-12,17-18H,13-16H2,1H3,(H,27,30)(H,28,32).